The van der Waals surface area contributed by atoms with Crippen molar-refractivity contribution in [2.45, 2.75) is 51.2 Å². The summed E-state index contributed by atoms with van der Waals surface area (Å²) in [5.41, 5.74) is -0.399. The Hall–Kier alpha value is -1.53. The average Bonchev–Trinajstić information content (AvgIpc) is 3.10. The maximum absolute atomic E-state index is 12.7. The van der Waals surface area contributed by atoms with Gasteiger partial charge in [-0.1, -0.05) is 13.3 Å². The van der Waals surface area contributed by atoms with Crippen LogP contribution in [0.1, 0.15) is 49.9 Å². The monoisotopic (exact) mass is 289 g/mol. The van der Waals surface area contributed by atoms with Gasteiger partial charge in [0, 0.05) is 18.2 Å². The molecule has 1 saturated carbocycles. The smallest absolute Gasteiger partial charge is 0.354 e. The number of carbonyl (C=O) groups is 1. The Morgan fingerprint density at radius 3 is 2.75 bits per heavy atom. The Morgan fingerprint density at radius 2 is 2.20 bits per heavy atom. The first-order chi connectivity index (χ1) is 9.41. The van der Waals surface area contributed by atoms with Crippen molar-refractivity contribution in [3.8, 4) is 0 Å². The zero-order valence-electron chi connectivity index (χ0n) is 11.3. The number of hydrogen-bond acceptors (Lipinski definition) is 2. The van der Waals surface area contributed by atoms with Gasteiger partial charge in [-0.25, -0.2) is 0 Å². The van der Waals surface area contributed by atoms with Crippen LogP contribution in [0.25, 0.3) is 0 Å². The Kier molecular flexibility index (Phi) is 4.35. The molecule has 1 aliphatic rings. The quantitative estimate of drug-likeness (QED) is 0.818. The number of amides is 1. The van der Waals surface area contributed by atoms with Crippen molar-refractivity contribution in [2.24, 2.45) is 0 Å². The van der Waals surface area contributed by atoms with Crippen molar-refractivity contribution >= 4 is 5.91 Å². The molecule has 0 unspecified atom stereocenters. The minimum Gasteiger partial charge on any atom is -0.354 e. The SMILES string of the molecule is CCCCNC(=O)Cn1nc(C(F)(F)F)cc1C1CC1. The molecule has 0 aliphatic heterocycles. The predicted octanol–water partition coefficient (Wildman–Crippen LogP) is 2.70. The van der Waals surface area contributed by atoms with Crippen molar-refractivity contribution in [2.75, 3.05) is 6.54 Å². The molecule has 2 rings (SSSR count). The number of nitrogens with one attached hydrogen (secondary N) is 1. The van der Waals surface area contributed by atoms with E-state index < -0.39 is 11.9 Å². The van der Waals surface area contributed by atoms with Gasteiger partial charge in [0.15, 0.2) is 5.69 Å². The van der Waals surface area contributed by atoms with E-state index in [4.69, 9.17) is 0 Å². The van der Waals surface area contributed by atoms with Crippen molar-refractivity contribution in [1.82, 2.24) is 15.1 Å². The van der Waals surface area contributed by atoms with Gasteiger partial charge < -0.3 is 5.32 Å². The summed E-state index contributed by atoms with van der Waals surface area (Å²) < 4.78 is 39.2. The van der Waals surface area contributed by atoms with Crippen LogP contribution in [0.2, 0.25) is 0 Å². The van der Waals surface area contributed by atoms with Gasteiger partial charge in [0.2, 0.25) is 5.91 Å². The van der Waals surface area contributed by atoms with Gasteiger partial charge in [-0.2, -0.15) is 18.3 Å². The lowest BCUT2D eigenvalue weighted by Gasteiger charge is -2.07. The van der Waals surface area contributed by atoms with Crippen LogP contribution in [0.4, 0.5) is 13.2 Å². The van der Waals surface area contributed by atoms with E-state index >= 15 is 0 Å². The molecule has 0 aromatic carbocycles. The lowest BCUT2D eigenvalue weighted by molar-refractivity contribution is -0.141. The molecule has 1 aromatic rings. The van der Waals surface area contributed by atoms with Gasteiger partial charge in [-0.05, 0) is 25.3 Å². The van der Waals surface area contributed by atoms with E-state index in [2.05, 4.69) is 10.4 Å². The van der Waals surface area contributed by atoms with Crippen molar-refractivity contribution in [3.05, 3.63) is 17.5 Å². The molecule has 1 fully saturated rings. The minimum absolute atomic E-state index is 0.113. The highest BCUT2D eigenvalue weighted by Gasteiger charge is 2.37. The van der Waals surface area contributed by atoms with Gasteiger partial charge in [0.05, 0.1) is 0 Å². The molecule has 4 nitrogen and oxygen atoms in total. The third kappa shape index (κ3) is 3.74. The van der Waals surface area contributed by atoms with Gasteiger partial charge in [-0.15, -0.1) is 0 Å². The largest absolute Gasteiger partial charge is 0.435 e. The lowest BCUT2D eigenvalue weighted by atomic mass is 10.2. The molecule has 1 N–H and O–H groups in total. The first-order valence-corrected chi connectivity index (χ1v) is 6.83. The number of rotatable bonds is 6. The van der Waals surface area contributed by atoms with Crippen molar-refractivity contribution < 1.29 is 18.0 Å². The van der Waals surface area contributed by atoms with Gasteiger partial charge in [-0.3, -0.25) is 9.48 Å². The van der Waals surface area contributed by atoms with Crippen LogP contribution in [-0.2, 0) is 17.5 Å². The Bertz CT molecular complexity index is 478. The molecule has 0 bridgehead atoms. The van der Waals surface area contributed by atoms with Gasteiger partial charge in [0.1, 0.15) is 6.54 Å². The number of alkyl halides is 3. The zero-order chi connectivity index (χ0) is 14.8. The molecular formula is C13H18F3N3O. The number of nitrogens with zero attached hydrogens (tertiary/aromatic N) is 2. The fourth-order valence-electron chi connectivity index (χ4n) is 2.00. The molecule has 0 spiro atoms. The number of carbonyl (C=O) groups excluding carboxylic acids is 1. The van der Waals surface area contributed by atoms with Crippen LogP contribution in [0.5, 0.6) is 0 Å². The zero-order valence-corrected chi connectivity index (χ0v) is 11.3. The minimum atomic E-state index is -4.46. The predicted molar refractivity (Wildman–Crippen MR) is 67.1 cm³/mol. The standard InChI is InChI=1S/C13H18F3N3O/c1-2-3-6-17-12(20)8-19-10(9-4-5-9)7-11(18-19)13(14,15)16/h7,9H,2-6,8H2,1H3,(H,17,20). The maximum atomic E-state index is 12.7. The Labute approximate surface area is 115 Å². The molecule has 0 atom stereocenters. The van der Waals surface area contributed by atoms with E-state index in [1.165, 1.54) is 4.68 Å². The molecule has 1 amide bonds. The number of unbranched alkanes of at least 4 members (excludes halogenated alkanes) is 1. The van der Waals surface area contributed by atoms with E-state index in [1.54, 1.807) is 0 Å². The second-order valence-corrected chi connectivity index (χ2v) is 5.09. The molecule has 1 aliphatic carbocycles. The number of aromatic nitrogens is 2. The van der Waals surface area contributed by atoms with Crippen molar-refractivity contribution in [1.29, 1.82) is 0 Å². The molecule has 1 heterocycles. The van der Waals surface area contributed by atoms with Crippen LogP contribution in [0.15, 0.2) is 6.07 Å². The highest BCUT2D eigenvalue weighted by atomic mass is 19.4. The third-order valence-corrected chi connectivity index (χ3v) is 3.24. The molecule has 0 radical (unpaired) electrons. The topological polar surface area (TPSA) is 46.9 Å². The second-order valence-electron chi connectivity index (χ2n) is 5.09. The maximum Gasteiger partial charge on any atom is 0.435 e. The van der Waals surface area contributed by atoms with Gasteiger partial charge >= 0.3 is 6.18 Å². The average molecular weight is 289 g/mol. The number of halogens is 3. The summed E-state index contributed by atoms with van der Waals surface area (Å²) in [6.45, 7) is 2.40. The molecular weight excluding hydrogens is 271 g/mol. The van der Waals surface area contributed by atoms with Crippen LogP contribution < -0.4 is 5.32 Å². The van der Waals surface area contributed by atoms with Crippen LogP contribution in [-0.4, -0.2) is 22.2 Å². The van der Waals surface area contributed by atoms with E-state index in [9.17, 15) is 18.0 Å². The molecule has 1 aromatic heterocycles. The molecule has 20 heavy (non-hydrogen) atoms. The third-order valence-electron chi connectivity index (χ3n) is 3.24. The molecule has 0 saturated heterocycles. The summed E-state index contributed by atoms with van der Waals surface area (Å²) in [4.78, 5) is 11.7. The fourth-order valence-corrected chi connectivity index (χ4v) is 2.00. The highest BCUT2D eigenvalue weighted by molar-refractivity contribution is 5.75. The van der Waals surface area contributed by atoms with E-state index in [0.29, 0.717) is 12.2 Å². The summed E-state index contributed by atoms with van der Waals surface area (Å²) >= 11 is 0. The van der Waals surface area contributed by atoms with Crippen LogP contribution in [0.3, 0.4) is 0 Å². The van der Waals surface area contributed by atoms with Crippen LogP contribution in [0, 0.1) is 0 Å². The second kappa shape index (κ2) is 5.85. The lowest BCUT2D eigenvalue weighted by Crippen LogP contribution is -2.29. The Morgan fingerprint density at radius 1 is 1.50 bits per heavy atom. The van der Waals surface area contributed by atoms with Crippen LogP contribution >= 0.6 is 0 Å². The first-order valence-electron chi connectivity index (χ1n) is 6.83. The molecule has 7 heteroatoms. The van der Waals surface area contributed by atoms with E-state index in [-0.39, 0.29) is 18.4 Å². The number of hydrogen-bond donors (Lipinski definition) is 1. The summed E-state index contributed by atoms with van der Waals surface area (Å²) in [7, 11) is 0. The Balaban J connectivity index is 2.06. The first kappa shape index (κ1) is 14.9. The van der Waals surface area contributed by atoms with Crippen molar-refractivity contribution in [3.63, 3.8) is 0 Å². The summed E-state index contributed by atoms with van der Waals surface area (Å²) in [6, 6.07) is 1.07. The van der Waals surface area contributed by atoms with E-state index in [0.717, 1.165) is 31.7 Å². The van der Waals surface area contributed by atoms with E-state index in [1.807, 2.05) is 6.92 Å². The summed E-state index contributed by atoms with van der Waals surface area (Å²) in [5, 5.41) is 6.23. The normalized spacial score (nSPS) is 15.4. The summed E-state index contributed by atoms with van der Waals surface area (Å²) in [5.74, 6) is -0.181. The fraction of sp³-hybridized carbons (Fsp3) is 0.692. The highest BCUT2D eigenvalue weighted by Crippen LogP contribution is 2.42. The van der Waals surface area contributed by atoms with Gasteiger partial charge in [0.25, 0.3) is 0 Å². The molecule has 112 valence electrons. The summed E-state index contributed by atoms with van der Waals surface area (Å²) in [6.07, 6.45) is -0.934.